The Labute approximate surface area is 117 Å². The predicted molar refractivity (Wildman–Crippen MR) is 79.1 cm³/mol. The minimum Gasteiger partial charge on any atom is -0.319 e. The monoisotopic (exact) mass is 288 g/mol. The minimum absolute atomic E-state index is 0.101. The van der Waals surface area contributed by atoms with Gasteiger partial charge in [0, 0.05) is 18.8 Å². The number of likely N-dealkylation sites (tertiary alicyclic amines) is 1. The maximum Gasteiger partial charge on any atom is 0.150 e. The van der Waals surface area contributed by atoms with Crippen LogP contribution in [-0.4, -0.2) is 57.5 Å². The summed E-state index contributed by atoms with van der Waals surface area (Å²) >= 11 is 0. The maximum atomic E-state index is 11.8. The molecule has 0 aromatic rings. The van der Waals surface area contributed by atoms with Gasteiger partial charge in [0.2, 0.25) is 0 Å². The van der Waals surface area contributed by atoms with E-state index in [0.717, 1.165) is 44.8 Å². The van der Waals surface area contributed by atoms with E-state index in [1.165, 1.54) is 25.5 Å². The third-order valence-corrected chi connectivity index (χ3v) is 6.40. The molecular weight excluding hydrogens is 260 g/mol. The molecule has 112 valence electrons. The van der Waals surface area contributed by atoms with Crippen LogP contribution in [0.5, 0.6) is 0 Å². The normalized spacial score (nSPS) is 34.3. The van der Waals surface area contributed by atoms with Crippen molar-refractivity contribution in [1.29, 1.82) is 0 Å². The maximum absolute atomic E-state index is 11.8. The highest BCUT2D eigenvalue weighted by Crippen LogP contribution is 2.30. The van der Waals surface area contributed by atoms with Crippen LogP contribution in [0, 0.1) is 5.92 Å². The molecule has 0 spiro atoms. The van der Waals surface area contributed by atoms with Gasteiger partial charge in [-0.05, 0) is 58.2 Å². The fraction of sp³-hybridized carbons (Fsp3) is 1.00. The summed E-state index contributed by atoms with van der Waals surface area (Å²) in [6.07, 6.45) is 7.92. The number of rotatable bonds is 4. The van der Waals surface area contributed by atoms with Gasteiger partial charge >= 0.3 is 0 Å². The highest BCUT2D eigenvalue weighted by Gasteiger charge is 2.33. The molecular formula is C14H28N2O2S. The first-order chi connectivity index (χ1) is 9.00. The first kappa shape index (κ1) is 15.3. The van der Waals surface area contributed by atoms with Crippen LogP contribution in [0.25, 0.3) is 0 Å². The van der Waals surface area contributed by atoms with Gasteiger partial charge in [-0.1, -0.05) is 6.42 Å². The second kappa shape index (κ2) is 6.55. The SMILES string of the molecule is CNCC1CCCN(C2CCCC(S(C)(=O)=O)C2)C1. The van der Waals surface area contributed by atoms with Crippen LogP contribution >= 0.6 is 0 Å². The quantitative estimate of drug-likeness (QED) is 0.846. The summed E-state index contributed by atoms with van der Waals surface area (Å²) in [7, 11) is -0.847. The molecule has 0 radical (unpaired) electrons. The van der Waals surface area contributed by atoms with Gasteiger partial charge in [0.1, 0.15) is 9.84 Å². The highest BCUT2D eigenvalue weighted by atomic mass is 32.2. The summed E-state index contributed by atoms with van der Waals surface area (Å²) in [5.74, 6) is 0.734. The predicted octanol–water partition coefficient (Wildman–Crippen LogP) is 1.27. The zero-order valence-corrected chi connectivity index (χ0v) is 13.1. The van der Waals surface area contributed by atoms with Crippen molar-refractivity contribution >= 4 is 9.84 Å². The van der Waals surface area contributed by atoms with Crippen LogP contribution in [0.4, 0.5) is 0 Å². The lowest BCUT2D eigenvalue weighted by Crippen LogP contribution is -2.48. The minimum atomic E-state index is -2.86. The number of hydrogen-bond acceptors (Lipinski definition) is 4. The number of nitrogens with zero attached hydrogens (tertiary/aromatic N) is 1. The Morgan fingerprint density at radius 1 is 1.21 bits per heavy atom. The molecule has 2 fully saturated rings. The molecule has 1 saturated carbocycles. The van der Waals surface area contributed by atoms with Gasteiger partial charge in [0.05, 0.1) is 5.25 Å². The molecule has 1 saturated heterocycles. The summed E-state index contributed by atoms with van der Waals surface area (Å²) in [6, 6.07) is 0.494. The second-order valence-corrected chi connectivity index (χ2v) is 8.66. The van der Waals surface area contributed by atoms with Gasteiger partial charge in [-0.15, -0.1) is 0 Å². The lowest BCUT2D eigenvalue weighted by Gasteiger charge is -2.41. The van der Waals surface area contributed by atoms with Gasteiger partial charge in [-0.2, -0.15) is 0 Å². The molecule has 3 atom stereocenters. The molecule has 1 aliphatic heterocycles. The molecule has 1 heterocycles. The summed E-state index contributed by atoms with van der Waals surface area (Å²) < 4.78 is 23.5. The summed E-state index contributed by atoms with van der Waals surface area (Å²) in [4.78, 5) is 2.56. The Morgan fingerprint density at radius 2 is 2.00 bits per heavy atom. The fourth-order valence-electron chi connectivity index (χ4n) is 3.73. The van der Waals surface area contributed by atoms with Crippen molar-refractivity contribution in [3.63, 3.8) is 0 Å². The third-order valence-electron chi connectivity index (χ3n) is 4.76. The average Bonchev–Trinajstić information content (AvgIpc) is 2.39. The van der Waals surface area contributed by atoms with E-state index in [9.17, 15) is 8.42 Å². The van der Waals surface area contributed by atoms with E-state index in [1.54, 1.807) is 0 Å². The smallest absolute Gasteiger partial charge is 0.150 e. The Morgan fingerprint density at radius 3 is 2.68 bits per heavy atom. The molecule has 0 aromatic carbocycles. The van der Waals surface area contributed by atoms with E-state index < -0.39 is 9.84 Å². The number of piperidine rings is 1. The summed E-state index contributed by atoms with van der Waals surface area (Å²) in [5, 5.41) is 3.17. The van der Waals surface area contributed by atoms with Crippen LogP contribution < -0.4 is 5.32 Å². The van der Waals surface area contributed by atoms with E-state index >= 15 is 0 Å². The van der Waals surface area contributed by atoms with E-state index in [2.05, 4.69) is 10.2 Å². The van der Waals surface area contributed by atoms with E-state index in [1.807, 2.05) is 7.05 Å². The van der Waals surface area contributed by atoms with Crippen molar-refractivity contribution in [2.75, 3.05) is 32.9 Å². The van der Waals surface area contributed by atoms with Gasteiger partial charge in [-0.25, -0.2) is 8.42 Å². The van der Waals surface area contributed by atoms with E-state index in [0.29, 0.717) is 6.04 Å². The molecule has 19 heavy (non-hydrogen) atoms. The number of hydrogen-bond donors (Lipinski definition) is 1. The van der Waals surface area contributed by atoms with Crippen LogP contribution in [0.15, 0.2) is 0 Å². The highest BCUT2D eigenvalue weighted by molar-refractivity contribution is 7.91. The largest absolute Gasteiger partial charge is 0.319 e. The molecule has 0 amide bonds. The lowest BCUT2D eigenvalue weighted by atomic mass is 9.90. The van der Waals surface area contributed by atoms with Gasteiger partial charge in [-0.3, -0.25) is 0 Å². The Balaban J connectivity index is 1.93. The standard InChI is InChI=1S/C14H28N2O2S/c1-15-10-12-5-4-8-16(11-12)13-6-3-7-14(9-13)19(2,17)18/h12-15H,3-11H2,1-2H3. The Kier molecular flexibility index (Phi) is 5.26. The zero-order chi connectivity index (χ0) is 13.9. The van der Waals surface area contributed by atoms with Gasteiger partial charge in [0.25, 0.3) is 0 Å². The topological polar surface area (TPSA) is 49.4 Å². The molecule has 1 aliphatic carbocycles. The van der Waals surface area contributed by atoms with E-state index in [-0.39, 0.29) is 5.25 Å². The fourth-order valence-corrected chi connectivity index (χ4v) is 4.89. The summed E-state index contributed by atoms with van der Waals surface area (Å²) in [5.41, 5.74) is 0. The molecule has 2 rings (SSSR count). The van der Waals surface area contributed by atoms with E-state index in [4.69, 9.17) is 0 Å². The number of sulfone groups is 1. The second-order valence-electron chi connectivity index (χ2n) is 6.33. The summed E-state index contributed by atoms with van der Waals surface area (Å²) in [6.45, 7) is 3.38. The first-order valence-electron chi connectivity index (χ1n) is 7.58. The van der Waals surface area contributed by atoms with Crippen molar-refractivity contribution in [1.82, 2.24) is 10.2 Å². The Bertz CT molecular complexity index is 381. The van der Waals surface area contributed by atoms with Crippen LogP contribution in [0.3, 0.4) is 0 Å². The van der Waals surface area contributed by atoms with Crippen molar-refractivity contribution < 1.29 is 8.42 Å². The van der Waals surface area contributed by atoms with Gasteiger partial charge < -0.3 is 10.2 Å². The Hall–Kier alpha value is -0.130. The zero-order valence-electron chi connectivity index (χ0n) is 12.3. The van der Waals surface area contributed by atoms with Crippen molar-refractivity contribution in [2.24, 2.45) is 5.92 Å². The average molecular weight is 288 g/mol. The molecule has 2 aliphatic rings. The van der Waals surface area contributed by atoms with Crippen molar-refractivity contribution in [3.8, 4) is 0 Å². The molecule has 4 nitrogen and oxygen atoms in total. The molecule has 0 bridgehead atoms. The molecule has 3 unspecified atom stereocenters. The number of nitrogens with one attached hydrogen (secondary N) is 1. The van der Waals surface area contributed by atoms with Crippen molar-refractivity contribution in [2.45, 2.75) is 49.8 Å². The van der Waals surface area contributed by atoms with Crippen molar-refractivity contribution in [3.05, 3.63) is 0 Å². The molecule has 0 aromatic heterocycles. The molecule has 5 heteroatoms. The van der Waals surface area contributed by atoms with Gasteiger partial charge in [0.15, 0.2) is 0 Å². The van der Waals surface area contributed by atoms with Crippen LogP contribution in [0.2, 0.25) is 0 Å². The van der Waals surface area contributed by atoms with Crippen LogP contribution in [0.1, 0.15) is 38.5 Å². The van der Waals surface area contributed by atoms with Crippen LogP contribution in [-0.2, 0) is 9.84 Å². The first-order valence-corrected chi connectivity index (χ1v) is 9.53. The lowest BCUT2D eigenvalue weighted by molar-refractivity contribution is 0.0995. The third kappa shape index (κ3) is 4.17. The molecule has 1 N–H and O–H groups in total.